The molecule has 0 radical (unpaired) electrons. The van der Waals surface area contributed by atoms with Crippen LogP contribution in [0.25, 0.3) is 0 Å². The summed E-state index contributed by atoms with van der Waals surface area (Å²) in [6.45, 7) is 0.0138. The third kappa shape index (κ3) is 4.85. The molecule has 9 heteroatoms. The number of halogens is 3. The number of nitrogens with one attached hydrogen (secondary N) is 1. The summed E-state index contributed by atoms with van der Waals surface area (Å²) in [5, 5.41) is 4.80. The number of thiophene rings is 1. The number of alkyl halides is 3. The summed E-state index contributed by atoms with van der Waals surface area (Å²) in [5.41, 5.74) is 1.78. The van der Waals surface area contributed by atoms with Crippen molar-refractivity contribution in [3.63, 3.8) is 0 Å². The number of amides is 2. The number of hydrogen-bond donors (Lipinski definition) is 1. The Balaban J connectivity index is 1.52. The molecule has 25 heavy (non-hydrogen) atoms. The van der Waals surface area contributed by atoms with Gasteiger partial charge in [0.15, 0.2) is 6.61 Å². The van der Waals surface area contributed by atoms with E-state index < -0.39 is 12.8 Å². The predicted molar refractivity (Wildman–Crippen MR) is 86.5 cm³/mol. The Bertz CT molecular complexity index is 748. The Kier molecular flexibility index (Phi) is 5.12. The van der Waals surface area contributed by atoms with Crippen molar-refractivity contribution in [2.24, 2.45) is 0 Å². The van der Waals surface area contributed by atoms with E-state index in [1.807, 2.05) is 11.4 Å². The van der Waals surface area contributed by atoms with Gasteiger partial charge in [-0.25, -0.2) is 9.78 Å². The van der Waals surface area contributed by atoms with E-state index in [2.05, 4.69) is 15.0 Å². The molecule has 0 unspecified atom stereocenters. The maximum absolute atomic E-state index is 12.3. The smallest absolute Gasteiger partial charge is 0.422 e. The molecule has 0 bridgehead atoms. The quantitative estimate of drug-likeness (QED) is 0.897. The molecule has 134 valence electrons. The molecule has 1 aliphatic heterocycles. The van der Waals surface area contributed by atoms with Gasteiger partial charge < -0.3 is 15.0 Å². The molecule has 0 fully saturated rings. The lowest BCUT2D eigenvalue weighted by molar-refractivity contribution is -0.154. The number of carbonyl (C=O) groups is 1. The van der Waals surface area contributed by atoms with Crippen LogP contribution in [-0.4, -0.2) is 35.2 Å². The van der Waals surface area contributed by atoms with Gasteiger partial charge in [0, 0.05) is 36.8 Å². The first-order chi connectivity index (χ1) is 11.9. The van der Waals surface area contributed by atoms with Crippen LogP contribution in [0.2, 0.25) is 0 Å². The van der Waals surface area contributed by atoms with Gasteiger partial charge in [-0.3, -0.25) is 0 Å². The van der Waals surface area contributed by atoms with Gasteiger partial charge in [-0.2, -0.15) is 13.2 Å². The van der Waals surface area contributed by atoms with Gasteiger partial charge >= 0.3 is 12.2 Å². The molecular formula is C16H16F3N3O2S. The van der Waals surface area contributed by atoms with Crippen LogP contribution in [-0.2, 0) is 19.5 Å². The number of fused-ring (bicyclic) bond motifs is 1. The van der Waals surface area contributed by atoms with Crippen LogP contribution in [0.5, 0.6) is 5.88 Å². The summed E-state index contributed by atoms with van der Waals surface area (Å²) in [5.74, 6) is -0.120. The molecule has 0 atom stereocenters. The highest BCUT2D eigenvalue weighted by Crippen LogP contribution is 2.24. The Morgan fingerprint density at radius 3 is 3.04 bits per heavy atom. The molecule has 1 aliphatic rings. The number of pyridine rings is 1. The first-order valence-electron chi connectivity index (χ1n) is 7.63. The predicted octanol–water partition coefficient (Wildman–Crippen LogP) is 3.35. The van der Waals surface area contributed by atoms with E-state index >= 15 is 0 Å². The van der Waals surface area contributed by atoms with Gasteiger partial charge in [0.1, 0.15) is 0 Å². The van der Waals surface area contributed by atoms with Gasteiger partial charge in [-0.1, -0.05) is 0 Å². The molecule has 2 aromatic heterocycles. The SMILES string of the molecule is O=C(NCc1ccnc(OCC(F)(F)F)c1)N1CCc2sccc2C1. The Morgan fingerprint density at radius 2 is 2.24 bits per heavy atom. The Morgan fingerprint density at radius 1 is 1.40 bits per heavy atom. The van der Waals surface area contributed by atoms with E-state index in [0.29, 0.717) is 18.7 Å². The molecule has 0 aromatic carbocycles. The average molecular weight is 371 g/mol. The molecular weight excluding hydrogens is 355 g/mol. The topological polar surface area (TPSA) is 54.5 Å². The number of aromatic nitrogens is 1. The average Bonchev–Trinajstić information content (AvgIpc) is 3.05. The van der Waals surface area contributed by atoms with Gasteiger partial charge in [0.2, 0.25) is 5.88 Å². The minimum Gasteiger partial charge on any atom is -0.468 e. The summed E-state index contributed by atoms with van der Waals surface area (Å²) < 4.78 is 41.1. The van der Waals surface area contributed by atoms with Gasteiger partial charge in [-0.05, 0) is 35.1 Å². The van der Waals surface area contributed by atoms with E-state index in [4.69, 9.17) is 0 Å². The van der Waals surface area contributed by atoms with Gasteiger partial charge in [0.25, 0.3) is 0 Å². The lowest BCUT2D eigenvalue weighted by atomic mass is 10.1. The lowest BCUT2D eigenvalue weighted by Gasteiger charge is -2.27. The second-order valence-electron chi connectivity index (χ2n) is 5.61. The highest BCUT2D eigenvalue weighted by atomic mass is 32.1. The molecule has 2 amide bonds. The summed E-state index contributed by atoms with van der Waals surface area (Å²) >= 11 is 1.70. The van der Waals surface area contributed by atoms with Crippen LogP contribution in [0.3, 0.4) is 0 Å². The van der Waals surface area contributed by atoms with Crippen molar-refractivity contribution in [3.05, 3.63) is 45.8 Å². The number of hydrogen-bond acceptors (Lipinski definition) is 4. The third-order valence-electron chi connectivity index (χ3n) is 3.72. The van der Waals surface area contributed by atoms with Crippen molar-refractivity contribution in [3.8, 4) is 5.88 Å². The van der Waals surface area contributed by atoms with E-state index in [9.17, 15) is 18.0 Å². The summed E-state index contributed by atoms with van der Waals surface area (Å²) in [6.07, 6.45) is -2.22. The van der Waals surface area contributed by atoms with Gasteiger partial charge in [0.05, 0.1) is 0 Å². The summed E-state index contributed by atoms with van der Waals surface area (Å²) in [6, 6.07) is 4.83. The maximum Gasteiger partial charge on any atom is 0.422 e. The van der Waals surface area contributed by atoms with Crippen LogP contribution in [0.4, 0.5) is 18.0 Å². The number of rotatable bonds is 4. The molecule has 0 spiro atoms. The standard InChI is InChI=1S/C16H16F3N3O2S/c17-16(18,19)10-24-14-7-11(1-4-20-14)8-21-15(23)22-5-2-13-12(9-22)3-6-25-13/h1,3-4,6-7H,2,5,8-10H2,(H,21,23). The van der Waals surface area contributed by atoms with Crippen molar-refractivity contribution >= 4 is 17.4 Å². The number of ether oxygens (including phenoxy) is 1. The third-order valence-corrected chi connectivity index (χ3v) is 4.74. The van der Waals surface area contributed by atoms with Crippen molar-refractivity contribution in [1.82, 2.24) is 15.2 Å². The largest absolute Gasteiger partial charge is 0.468 e. The van der Waals surface area contributed by atoms with Crippen LogP contribution in [0, 0.1) is 0 Å². The number of urea groups is 1. The minimum atomic E-state index is -4.42. The van der Waals surface area contributed by atoms with Crippen LogP contribution in [0.15, 0.2) is 29.8 Å². The van der Waals surface area contributed by atoms with Crippen molar-refractivity contribution in [1.29, 1.82) is 0 Å². The van der Waals surface area contributed by atoms with E-state index in [0.717, 1.165) is 12.0 Å². The molecule has 0 aliphatic carbocycles. The van der Waals surface area contributed by atoms with Crippen LogP contribution >= 0.6 is 11.3 Å². The fourth-order valence-corrected chi connectivity index (χ4v) is 3.40. The number of carbonyl (C=O) groups excluding carboxylic acids is 1. The van der Waals surface area contributed by atoms with E-state index in [1.54, 1.807) is 22.3 Å². The minimum absolute atomic E-state index is 0.120. The van der Waals surface area contributed by atoms with Crippen molar-refractivity contribution in [2.45, 2.75) is 25.7 Å². The Hall–Kier alpha value is -2.29. The molecule has 2 aromatic rings. The highest BCUT2D eigenvalue weighted by Gasteiger charge is 2.28. The molecule has 5 nitrogen and oxygen atoms in total. The maximum atomic E-state index is 12.3. The highest BCUT2D eigenvalue weighted by molar-refractivity contribution is 7.10. The normalized spacial score (nSPS) is 14.1. The molecule has 1 N–H and O–H groups in total. The van der Waals surface area contributed by atoms with Crippen LogP contribution in [0.1, 0.15) is 16.0 Å². The molecule has 3 heterocycles. The second kappa shape index (κ2) is 7.30. The molecule has 0 saturated heterocycles. The zero-order valence-corrected chi connectivity index (χ0v) is 14.0. The Labute approximate surface area is 146 Å². The van der Waals surface area contributed by atoms with Crippen molar-refractivity contribution < 1.29 is 22.7 Å². The summed E-state index contributed by atoms with van der Waals surface area (Å²) in [4.78, 5) is 19.0. The first-order valence-corrected chi connectivity index (χ1v) is 8.51. The fraction of sp³-hybridized carbons (Fsp3) is 0.375. The fourth-order valence-electron chi connectivity index (χ4n) is 2.51. The zero-order chi connectivity index (χ0) is 17.9. The van der Waals surface area contributed by atoms with E-state index in [-0.39, 0.29) is 18.5 Å². The van der Waals surface area contributed by atoms with Crippen molar-refractivity contribution in [2.75, 3.05) is 13.2 Å². The van der Waals surface area contributed by atoms with Crippen LogP contribution < -0.4 is 10.1 Å². The first kappa shape index (κ1) is 17.5. The lowest BCUT2D eigenvalue weighted by Crippen LogP contribution is -2.42. The van der Waals surface area contributed by atoms with Gasteiger partial charge in [-0.15, -0.1) is 11.3 Å². The number of nitrogens with zero attached hydrogens (tertiary/aromatic N) is 2. The second-order valence-corrected chi connectivity index (χ2v) is 6.61. The molecule has 0 saturated carbocycles. The summed E-state index contributed by atoms with van der Waals surface area (Å²) in [7, 11) is 0. The monoisotopic (exact) mass is 371 g/mol. The zero-order valence-electron chi connectivity index (χ0n) is 13.2. The van der Waals surface area contributed by atoms with E-state index in [1.165, 1.54) is 17.1 Å². The molecule has 3 rings (SSSR count).